The van der Waals surface area contributed by atoms with Crippen LogP contribution in [-0.4, -0.2) is 49.6 Å². The first-order valence-corrected chi connectivity index (χ1v) is 5.65. The highest BCUT2D eigenvalue weighted by atomic mass is 19.4. The van der Waals surface area contributed by atoms with Gasteiger partial charge in [0.15, 0.2) is 0 Å². The van der Waals surface area contributed by atoms with Crippen molar-refractivity contribution in [2.75, 3.05) is 26.3 Å². The van der Waals surface area contributed by atoms with Crippen molar-refractivity contribution in [1.29, 1.82) is 0 Å². The van der Waals surface area contributed by atoms with Crippen LogP contribution in [0.4, 0.5) is 18.0 Å². The molecule has 0 saturated heterocycles. The van der Waals surface area contributed by atoms with Gasteiger partial charge in [-0.3, -0.25) is 4.79 Å². The van der Waals surface area contributed by atoms with Gasteiger partial charge in [-0.2, -0.15) is 13.2 Å². The summed E-state index contributed by atoms with van der Waals surface area (Å²) in [6.07, 6.45) is -3.36. The molecule has 110 valence electrons. The summed E-state index contributed by atoms with van der Waals surface area (Å²) in [6.45, 7) is -1.70. The number of rotatable bonds is 7. The van der Waals surface area contributed by atoms with E-state index in [1.807, 2.05) is 0 Å². The van der Waals surface area contributed by atoms with Crippen LogP contribution in [0.15, 0.2) is 0 Å². The van der Waals surface area contributed by atoms with E-state index in [-0.39, 0.29) is 19.7 Å². The van der Waals surface area contributed by atoms with Crippen molar-refractivity contribution < 1.29 is 32.6 Å². The molecule has 0 unspecified atom stereocenters. The minimum atomic E-state index is -4.39. The molecule has 0 heterocycles. The number of carboxylic acids is 1. The number of carboxylic acid groups (broad SMARTS) is 1. The lowest BCUT2D eigenvalue weighted by atomic mass is 10.1. The Morgan fingerprint density at radius 1 is 1.26 bits per heavy atom. The second-order valence-electron chi connectivity index (χ2n) is 4.36. The van der Waals surface area contributed by atoms with E-state index < -0.39 is 30.2 Å². The number of ether oxygens (including phenoxy) is 1. The Morgan fingerprint density at radius 3 is 2.37 bits per heavy atom. The molecule has 0 bridgehead atoms. The van der Waals surface area contributed by atoms with Gasteiger partial charge < -0.3 is 20.5 Å². The van der Waals surface area contributed by atoms with Crippen LogP contribution >= 0.6 is 0 Å². The molecule has 3 N–H and O–H groups in total. The summed E-state index contributed by atoms with van der Waals surface area (Å²) in [4.78, 5) is 22.0. The number of carbonyl (C=O) groups is 2. The standard InChI is InChI=1S/C10H15F3N2O4/c11-10(12,13)6-19-4-3-14-8(18)15-5-9(1-2-9)7(16)17/h1-6H2,(H,16,17)(H2,14,15,18). The maximum Gasteiger partial charge on any atom is 0.411 e. The van der Waals surface area contributed by atoms with E-state index in [1.165, 1.54) is 0 Å². The molecule has 0 aromatic carbocycles. The van der Waals surface area contributed by atoms with Crippen LogP contribution in [0.25, 0.3) is 0 Å². The Labute approximate surface area is 107 Å². The number of carbonyl (C=O) groups excluding carboxylic acids is 1. The minimum Gasteiger partial charge on any atom is -0.481 e. The van der Waals surface area contributed by atoms with Crippen LogP contribution in [0.3, 0.4) is 0 Å². The number of nitrogens with one attached hydrogen (secondary N) is 2. The van der Waals surface area contributed by atoms with Gasteiger partial charge in [-0.1, -0.05) is 0 Å². The number of hydrogen-bond donors (Lipinski definition) is 3. The number of amides is 2. The van der Waals surface area contributed by atoms with Gasteiger partial charge in [0.25, 0.3) is 0 Å². The predicted octanol–water partition coefficient (Wildman–Crippen LogP) is 0.729. The van der Waals surface area contributed by atoms with Crippen LogP contribution in [0.5, 0.6) is 0 Å². The van der Waals surface area contributed by atoms with Gasteiger partial charge >= 0.3 is 18.2 Å². The topological polar surface area (TPSA) is 87.7 Å². The van der Waals surface area contributed by atoms with Crippen molar-refractivity contribution in [3.05, 3.63) is 0 Å². The van der Waals surface area contributed by atoms with E-state index >= 15 is 0 Å². The molecule has 1 aliphatic rings. The molecule has 0 aromatic rings. The lowest BCUT2D eigenvalue weighted by Crippen LogP contribution is -2.41. The summed E-state index contributed by atoms with van der Waals surface area (Å²) in [5.74, 6) is -0.957. The van der Waals surface area contributed by atoms with Gasteiger partial charge in [0.05, 0.1) is 12.0 Å². The Hall–Kier alpha value is -1.51. The summed E-state index contributed by atoms with van der Waals surface area (Å²) in [6, 6.07) is -0.622. The van der Waals surface area contributed by atoms with Gasteiger partial charge in [-0.25, -0.2) is 4.79 Å². The molecule has 2 amide bonds. The second-order valence-corrected chi connectivity index (χ2v) is 4.36. The summed E-state index contributed by atoms with van der Waals surface area (Å²) < 4.78 is 39.4. The van der Waals surface area contributed by atoms with E-state index in [2.05, 4.69) is 15.4 Å². The number of hydrogen-bond acceptors (Lipinski definition) is 3. The summed E-state index contributed by atoms with van der Waals surface area (Å²) >= 11 is 0. The van der Waals surface area contributed by atoms with E-state index in [1.54, 1.807) is 0 Å². The average Bonchev–Trinajstić information content (AvgIpc) is 3.05. The minimum absolute atomic E-state index is 0.0115. The fraction of sp³-hybridized carbons (Fsp3) is 0.800. The molecule has 19 heavy (non-hydrogen) atoms. The SMILES string of the molecule is O=C(NCCOCC(F)(F)F)NCC1(C(=O)O)CC1. The zero-order chi connectivity index (χ0) is 14.5. The van der Waals surface area contributed by atoms with E-state index in [9.17, 15) is 22.8 Å². The molecule has 0 spiro atoms. The normalized spacial score (nSPS) is 16.8. The van der Waals surface area contributed by atoms with Crippen LogP contribution in [0, 0.1) is 5.41 Å². The number of urea groups is 1. The number of halogens is 3. The lowest BCUT2D eigenvalue weighted by Gasteiger charge is -2.12. The van der Waals surface area contributed by atoms with Crippen molar-refractivity contribution in [1.82, 2.24) is 10.6 Å². The van der Waals surface area contributed by atoms with Crippen molar-refractivity contribution in [3.8, 4) is 0 Å². The highest BCUT2D eigenvalue weighted by Gasteiger charge is 2.50. The Kier molecular flexibility index (Phi) is 4.98. The van der Waals surface area contributed by atoms with E-state index in [4.69, 9.17) is 5.11 Å². The van der Waals surface area contributed by atoms with Gasteiger partial charge in [0, 0.05) is 13.1 Å². The monoisotopic (exact) mass is 284 g/mol. The predicted molar refractivity (Wildman–Crippen MR) is 57.6 cm³/mol. The molecular weight excluding hydrogens is 269 g/mol. The van der Waals surface area contributed by atoms with Gasteiger partial charge in [0.2, 0.25) is 0 Å². The van der Waals surface area contributed by atoms with Crippen molar-refractivity contribution in [3.63, 3.8) is 0 Å². The molecule has 0 aromatic heterocycles. The largest absolute Gasteiger partial charge is 0.481 e. The smallest absolute Gasteiger partial charge is 0.411 e. The third-order valence-electron chi connectivity index (χ3n) is 2.69. The molecule has 1 saturated carbocycles. The molecule has 6 nitrogen and oxygen atoms in total. The van der Waals surface area contributed by atoms with Gasteiger partial charge in [-0.05, 0) is 12.8 Å². The lowest BCUT2D eigenvalue weighted by molar-refractivity contribution is -0.173. The summed E-state index contributed by atoms with van der Waals surface area (Å²) in [7, 11) is 0. The van der Waals surface area contributed by atoms with Crippen molar-refractivity contribution in [2.24, 2.45) is 5.41 Å². The molecule has 0 radical (unpaired) electrons. The highest BCUT2D eigenvalue weighted by molar-refractivity contribution is 5.80. The Morgan fingerprint density at radius 2 is 1.89 bits per heavy atom. The second kappa shape index (κ2) is 6.09. The molecule has 9 heteroatoms. The molecule has 1 aliphatic carbocycles. The highest BCUT2D eigenvalue weighted by Crippen LogP contribution is 2.45. The van der Waals surface area contributed by atoms with Gasteiger partial charge in [0.1, 0.15) is 6.61 Å². The van der Waals surface area contributed by atoms with Crippen molar-refractivity contribution in [2.45, 2.75) is 19.0 Å². The maximum atomic E-state index is 11.7. The third kappa shape index (κ3) is 5.77. The maximum absolute atomic E-state index is 11.7. The molecule has 1 fully saturated rings. The Balaban J connectivity index is 2.04. The van der Waals surface area contributed by atoms with Crippen molar-refractivity contribution >= 4 is 12.0 Å². The average molecular weight is 284 g/mol. The summed E-state index contributed by atoms with van der Waals surface area (Å²) in [5.41, 5.74) is -0.871. The van der Waals surface area contributed by atoms with E-state index in [0.717, 1.165) is 0 Å². The first-order valence-electron chi connectivity index (χ1n) is 5.65. The van der Waals surface area contributed by atoms with E-state index in [0.29, 0.717) is 12.8 Å². The summed E-state index contributed by atoms with van der Waals surface area (Å²) in [5, 5.41) is 13.5. The Bertz CT molecular complexity index is 342. The number of alkyl halides is 3. The van der Waals surface area contributed by atoms with Crippen LogP contribution < -0.4 is 10.6 Å². The fourth-order valence-electron chi connectivity index (χ4n) is 1.35. The van der Waals surface area contributed by atoms with Gasteiger partial charge in [-0.15, -0.1) is 0 Å². The fourth-order valence-corrected chi connectivity index (χ4v) is 1.35. The molecular formula is C10H15F3N2O4. The first kappa shape index (κ1) is 15.5. The van der Waals surface area contributed by atoms with Crippen LogP contribution in [0.2, 0.25) is 0 Å². The van der Waals surface area contributed by atoms with Crippen LogP contribution in [0.1, 0.15) is 12.8 Å². The number of aliphatic carboxylic acids is 1. The zero-order valence-electron chi connectivity index (χ0n) is 10.0. The van der Waals surface area contributed by atoms with Crippen LogP contribution in [-0.2, 0) is 9.53 Å². The molecule has 1 rings (SSSR count). The zero-order valence-corrected chi connectivity index (χ0v) is 10.0. The first-order chi connectivity index (χ1) is 8.75. The quantitative estimate of drug-likeness (QED) is 0.601. The molecule has 0 aliphatic heterocycles. The third-order valence-corrected chi connectivity index (χ3v) is 2.69. The molecule has 0 atom stereocenters.